The molecule has 1 saturated carbocycles. The molecule has 1 aliphatic carbocycles. The number of non-ortho nitro benzene ring substituents is 1. The fourth-order valence-corrected chi connectivity index (χ4v) is 4.56. The Morgan fingerprint density at radius 3 is 2.67 bits per heavy atom. The van der Waals surface area contributed by atoms with Gasteiger partial charge in [-0.05, 0) is 25.0 Å². The van der Waals surface area contributed by atoms with Crippen LogP contribution in [0.15, 0.2) is 34.9 Å². The summed E-state index contributed by atoms with van der Waals surface area (Å²) < 4.78 is 5.20. The predicted octanol–water partition coefficient (Wildman–Crippen LogP) is 4.35. The number of nitrogen functional groups attached to an aromatic ring is 1. The molecule has 4 rings (SSSR count). The molecule has 1 aromatic carbocycles. The molecule has 0 spiro atoms. The molecule has 0 aliphatic heterocycles. The highest BCUT2D eigenvalue weighted by atomic mass is 32.1. The lowest BCUT2D eigenvalue weighted by Gasteiger charge is -2.11. The second kappa shape index (κ2) is 7.96. The SMILES string of the molecule is N#Cc1c(NC2CCCC2)sc(C(=O)c2cc(-c3ccc([N+](=O)[O-])cc3)no2)c1N. The number of nitriles is 1. The number of hydrogen-bond acceptors (Lipinski definition) is 9. The summed E-state index contributed by atoms with van der Waals surface area (Å²) in [6.07, 6.45) is 4.31. The summed E-state index contributed by atoms with van der Waals surface area (Å²) in [5, 5.41) is 28.1. The number of nitrogens with two attached hydrogens (primary N) is 1. The summed E-state index contributed by atoms with van der Waals surface area (Å²) in [5.74, 6) is -0.484. The molecular weight excluding hydrogens is 406 g/mol. The highest BCUT2D eigenvalue weighted by molar-refractivity contribution is 7.19. The van der Waals surface area contributed by atoms with Gasteiger partial charge < -0.3 is 15.6 Å². The highest BCUT2D eigenvalue weighted by Gasteiger charge is 2.27. The van der Waals surface area contributed by atoms with Gasteiger partial charge in [0.2, 0.25) is 11.5 Å². The van der Waals surface area contributed by atoms with Crippen molar-refractivity contribution in [1.29, 1.82) is 5.26 Å². The first-order chi connectivity index (χ1) is 14.5. The van der Waals surface area contributed by atoms with Crippen LogP contribution in [0.4, 0.5) is 16.4 Å². The third-order valence-corrected chi connectivity index (χ3v) is 6.20. The van der Waals surface area contributed by atoms with Crippen LogP contribution in [0.25, 0.3) is 11.3 Å². The Bertz CT molecular complexity index is 1150. The topological polar surface area (TPSA) is 148 Å². The molecule has 9 nitrogen and oxygen atoms in total. The van der Waals surface area contributed by atoms with Crippen molar-refractivity contribution in [3.8, 4) is 17.3 Å². The minimum atomic E-state index is -0.495. The maximum Gasteiger partial charge on any atom is 0.269 e. The Morgan fingerprint density at radius 2 is 2.03 bits per heavy atom. The molecule has 0 bridgehead atoms. The zero-order valence-electron chi connectivity index (χ0n) is 15.8. The fraction of sp³-hybridized carbons (Fsp3) is 0.250. The number of nitrogens with one attached hydrogen (secondary N) is 1. The lowest BCUT2D eigenvalue weighted by atomic mass is 10.1. The number of anilines is 2. The van der Waals surface area contributed by atoms with Gasteiger partial charge in [0, 0.05) is 29.8 Å². The molecule has 0 amide bonds. The molecule has 2 heterocycles. The second-order valence-electron chi connectivity index (χ2n) is 7.00. The molecule has 0 atom stereocenters. The van der Waals surface area contributed by atoms with Gasteiger partial charge in [-0.15, -0.1) is 11.3 Å². The van der Waals surface area contributed by atoms with Gasteiger partial charge in [0.1, 0.15) is 27.2 Å². The molecule has 30 heavy (non-hydrogen) atoms. The number of carbonyl (C=O) groups is 1. The van der Waals surface area contributed by atoms with Crippen molar-refractivity contribution in [1.82, 2.24) is 5.16 Å². The summed E-state index contributed by atoms with van der Waals surface area (Å²) in [5.41, 5.74) is 7.38. The molecule has 152 valence electrons. The van der Waals surface area contributed by atoms with Crippen LogP contribution in [-0.2, 0) is 0 Å². The zero-order valence-corrected chi connectivity index (χ0v) is 16.6. The Kier molecular flexibility index (Phi) is 5.20. The van der Waals surface area contributed by atoms with Gasteiger partial charge in [-0.3, -0.25) is 14.9 Å². The van der Waals surface area contributed by atoms with E-state index in [1.807, 2.05) is 0 Å². The van der Waals surface area contributed by atoms with Crippen LogP contribution in [0.2, 0.25) is 0 Å². The summed E-state index contributed by atoms with van der Waals surface area (Å²) >= 11 is 1.14. The average Bonchev–Trinajstić information content (AvgIpc) is 3.49. The molecule has 0 saturated heterocycles. The first-order valence-electron chi connectivity index (χ1n) is 9.33. The van der Waals surface area contributed by atoms with E-state index < -0.39 is 10.7 Å². The number of ketones is 1. The third-order valence-electron chi connectivity index (χ3n) is 5.06. The normalized spacial score (nSPS) is 13.8. The number of nitro groups is 1. The first kappa shape index (κ1) is 19.6. The lowest BCUT2D eigenvalue weighted by Crippen LogP contribution is -2.14. The molecule has 1 aliphatic rings. The number of hydrogen-bond donors (Lipinski definition) is 2. The monoisotopic (exact) mass is 423 g/mol. The fourth-order valence-electron chi connectivity index (χ4n) is 3.46. The van der Waals surface area contributed by atoms with Gasteiger partial charge in [0.25, 0.3) is 5.69 Å². The van der Waals surface area contributed by atoms with Crippen molar-refractivity contribution in [2.45, 2.75) is 31.7 Å². The van der Waals surface area contributed by atoms with E-state index >= 15 is 0 Å². The van der Waals surface area contributed by atoms with Gasteiger partial charge in [0.15, 0.2) is 0 Å². The molecule has 10 heteroatoms. The molecular formula is C20H17N5O4S. The smallest absolute Gasteiger partial charge is 0.269 e. The Hall–Kier alpha value is -3.71. The number of nitrogens with zero attached hydrogens (tertiary/aromatic N) is 3. The number of rotatable bonds is 6. The standard InChI is InChI=1S/C20H17N5O4S/c21-10-14-17(22)19(30-20(14)23-12-3-1-2-4-12)18(26)16-9-15(24-29-16)11-5-7-13(8-6-11)25(27)28/h5-9,12,23H,1-4,22H2. The van der Waals surface area contributed by atoms with E-state index in [1.165, 1.54) is 30.3 Å². The summed E-state index contributed by atoms with van der Waals surface area (Å²) in [7, 11) is 0. The van der Waals surface area contributed by atoms with Gasteiger partial charge >= 0.3 is 0 Å². The van der Waals surface area contributed by atoms with E-state index in [-0.39, 0.29) is 33.6 Å². The maximum atomic E-state index is 12.9. The van der Waals surface area contributed by atoms with Crippen LogP contribution in [-0.4, -0.2) is 21.9 Å². The highest BCUT2D eigenvalue weighted by Crippen LogP contribution is 2.38. The average molecular weight is 423 g/mol. The van der Waals surface area contributed by atoms with E-state index in [2.05, 4.69) is 16.5 Å². The summed E-state index contributed by atoms with van der Waals surface area (Å²) in [4.78, 5) is 23.5. The van der Waals surface area contributed by atoms with E-state index in [1.54, 1.807) is 0 Å². The molecule has 2 aromatic heterocycles. The van der Waals surface area contributed by atoms with Gasteiger partial charge in [-0.25, -0.2) is 0 Å². The van der Waals surface area contributed by atoms with Crippen molar-refractivity contribution >= 4 is 33.5 Å². The van der Waals surface area contributed by atoms with E-state index in [4.69, 9.17) is 10.3 Å². The van der Waals surface area contributed by atoms with Gasteiger partial charge in [0.05, 0.1) is 10.6 Å². The van der Waals surface area contributed by atoms with Crippen LogP contribution < -0.4 is 11.1 Å². The van der Waals surface area contributed by atoms with Crippen LogP contribution in [0, 0.1) is 21.4 Å². The minimum absolute atomic E-state index is 0.0202. The lowest BCUT2D eigenvalue weighted by molar-refractivity contribution is -0.384. The summed E-state index contributed by atoms with van der Waals surface area (Å²) in [6, 6.07) is 9.57. The van der Waals surface area contributed by atoms with Crippen LogP contribution in [0.5, 0.6) is 0 Å². The van der Waals surface area contributed by atoms with E-state index in [0.29, 0.717) is 16.3 Å². The first-order valence-corrected chi connectivity index (χ1v) is 10.1. The maximum absolute atomic E-state index is 12.9. The molecule has 3 aromatic rings. The van der Waals surface area contributed by atoms with Gasteiger partial charge in [-0.1, -0.05) is 18.0 Å². The second-order valence-corrected chi connectivity index (χ2v) is 8.02. The number of aromatic nitrogens is 1. The molecule has 0 radical (unpaired) electrons. The van der Waals surface area contributed by atoms with Gasteiger partial charge in [-0.2, -0.15) is 5.26 Å². The zero-order chi connectivity index (χ0) is 21.3. The predicted molar refractivity (Wildman–Crippen MR) is 111 cm³/mol. The van der Waals surface area contributed by atoms with Crippen LogP contribution in [0.3, 0.4) is 0 Å². The van der Waals surface area contributed by atoms with Crippen molar-refractivity contribution in [3.05, 3.63) is 56.6 Å². The number of nitro benzene ring substituents is 1. The van der Waals surface area contributed by atoms with Crippen molar-refractivity contribution < 1.29 is 14.2 Å². The largest absolute Gasteiger partial charge is 0.396 e. The van der Waals surface area contributed by atoms with E-state index in [9.17, 15) is 20.2 Å². The Morgan fingerprint density at radius 1 is 1.33 bits per heavy atom. The third kappa shape index (κ3) is 3.62. The molecule has 1 fully saturated rings. The number of carbonyl (C=O) groups excluding carboxylic acids is 1. The number of benzene rings is 1. The van der Waals surface area contributed by atoms with Crippen molar-refractivity contribution in [2.75, 3.05) is 11.1 Å². The Labute approximate surface area is 175 Å². The molecule has 0 unspecified atom stereocenters. The van der Waals surface area contributed by atoms with Crippen LogP contribution in [0.1, 0.15) is 46.7 Å². The van der Waals surface area contributed by atoms with Crippen molar-refractivity contribution in [2.24, 2.45) is 0 Å². The van der Waals surface area contributed by atoms with Crippen LogP contribution >= 0.6 is 11.3 Å². The minimum Gasteiger partial charge on any atom is -0.396 e. The van der Waals surface area contributed by atoms with E-state index in [0.717, 1.165) is 37.0 Å². The number of thiophene rings is 1. The Balaban J connectivity index is 1.60. The van der Waals surface area contributed by atoms with Crippen molar-refractivity contribution in [3.63, 3.8) is 0 Å². The quantitative estimate of drug-likeness (QED) is 0.338. The summed E-state index contributed by atoms with van der Waals surface area (Å²) in [6.45, 7) is 0. The molecule has 3 N–H and O–H groups in total.